The molecule has 2 heteroatoms. The van der Waals surface area contributed by atoms with Crippen LogP contribution in [0.2, 0.25) is 0 Å². The van der Waals surface area contributed by atoms with E-state index in [0.717, 1.165) is 12.0 Å². The summed E-state index contributed by atoms with van der Waals surface area (Å²) in [5.41, 5.74) is 1.15. The molecule has 0 nitrogen and oxygen atoms in total. The van der Waals surface area contributed by atoms with Crippen LogP contribution in [0.3, 0.4) is 0 Å². The summed E-state index contributed by atoms with van der Waals surface area (Å²) in [5.74, 6) is 0.887. The Balaban J connectivity index is 2.68. The predicted octanol–water partition coefficient (Wildman–Crippen LogP) is 3.56. The molecular formula is C10H12ClF. The first-order valence-electron chi connectivity index (χ1n) is 4.05. The Morgan fingerprint density at radius 2 is 1.92 bits per heavy atom. The highest BCUT2D eigenvalue weighted by Crippen LogP contribution is 2.19. The Bertz CT molecular complexity index is 230. The van der Waals surface area contributed by atoms with Crippen LogP contribution < -0.4 is 0 Å². The maximum atomic E-state index is 12.5. The maximum absolute atomic E-state index is 12.5. The van der Waals surface area contributed by atoms with Crippen molar-refractivity contribution < 1.29 is 4.39 Å². The Morgan fingerprint density at radius 1 is 1.33 bits per heavy atom. The standard InChI is InChI=1S/C10H12ClF/c1-8(6-7-11)9-2-4-10(12)5-3-9/h2-5,8H,6-7H2,1H3. The molecule has 0 aliphatic carbocycles. The SMILES string of the molecule is CC(CCCl)c1ccc(F)cc1. The van der Waals surface area contributed by atoms with Crippen LogP contribution >= 0.6 is 11.6 Å². The average molecular weight is 187 g/mol. The topological polar surface area (TPSA) is 0 Å². The van der Waals surface area contributed by atoms with Crippen molar-refractivity contribution in [1.82, 2.24) is 0 Å². The first kappa shape index (κ1) is 9.53. The summed E-state index contributed by atoms with van der Waals surface area (Å²) in [5, 5.41) is 0. The van der Waals surface area contributed by atoms with Gasteiger partial charge in [0.1, 0.15) is 5.82 Å². The molecule has 1 atom stereocenters. The van der Waals surface area contributed by atoms with E-state index in [4.69, 9.17) is 11.6 Å². The molecule has 0 radical (unpaired) electrons. The summed E-state index contributed by atoms with van der Waals surface area (Å²) in [7, 11) is 0. The van der Waals surface area contributed by atoms with Crippen molar-refractivity contribution in [3.8, 4) is 0 Å². The highest BCUT2D eigenvalue weighted by molar-refractivity contribution is 6.17. The summed E-state index contributed by atoms with van der Waals surface area (Å²) in [6.07, 6.45) is 0.938. The zero-order chi connectivity index (χ0) is 8.97. The van der Waals surface area contributed by atoms with E-state index in [1.54, 1.807) is 0 Å². The van der Waals surface area contributed by atoms with E-state index >= 15 is 0 Å². The fourth-order valence-electron chi connectivity index (χ4n) is 1.12. The van der Waals surface area contributed by atoms with Crippen LogP contribution in [0.5, 0.6) is 0 Å². The van der Waals surface area contributed by atoms with Gasteiger partial charge in [-0.25, -0.2) is 4.39 Å². The number of halogens is 2. The van der Waals surface area contributed by atoms with Gasteiger partial charge in [0.05, 0.1) is 0 Å². The van der Waals surface area contributed by atoms with Crippen molar-refractivity contribution in [3.63, 3.8) is 0 Å². The number of hydrogen-bond donors (Lipinski definition) is 0. The molecule has 12 heavy (non-hydrogen) atoms. The highest BCUT2D eigenvalue weighted by atomic mass is 35.5. The van der Waals surface area contributed by atoms with Crippen LogP contribution in [0.15, 0.2) is 24.3 Å². The van der Waals surface area contributed by atoms with E-state index in [9.17, 15) is 4.39 Å². The lowest BCUT2D eigenvalue weighted by atomic mass is 9.99. The van der Waals surface area contributed by atoms with Gasteiger partial charge in [0.2, 0.25) is 0 Å². The Labute approximate surface area is 77.4 Å². The minimum absolute atomic E-state index is 0.183. The predicted molar refractivity (Wildman–Crippen MR) is 50.2 cm³/mol. The summed E-state index contributed by atoms with van der Waals surface area (Å²) in [4.78, 5) is 0. The average Bonchev–Trinajstić information content (AvgIpc) is 2.06. The molecule has 0 N–H and O–H groups in total. The van der Waals surface area contributed by atoms with Gasteiger partial charge in [-0.3, -0.25) is 0 Å². The van der Waals surface area contributed by atoms with Crippen LogP contribution in [0.1, 0.15) is 24.8 Å². The van der Waals surface area contributed by atoms with Gasteiger partial charge in [0, 0.05) is 5.88 Å². The Hall–Kier alpha value is -0.560. The number of benzene rings is 1. The molecule has 0 saturated heterocycles. The number of alkyl halides is 1. The van der Waals surface area contributed by atoms with E-state index in [0.29, 0.717) is 11.8 Å². The lowest BCUT2D eigenvalue weighted by Gasteiger charge is -2.08. The number of rotatable bonds is 3. The minimum Gasteiger partial charge on any atom is -0.207 e. The van der Waals surface area contributed by atoms with Gasteiger partial charge in [-0.15, -0.1) is 11.6 Å². The molecule has 1 rings (SSSR count). The van der Waals surface area contributed by atoms with Crippen LogP contribution in [-0.2, 0) is 0 Å². The lowest BCUT2D eigenvalue weighted by molar-refractivity contribution is 0.625. The van der Waals surface area contributed by atoms with E-state index in [1.165, 1.54) is 12.1 Å². The van der Waals surface area contributed by atoms with Gasteiger partial charge in [-0.2, -0.15) is 0 Å². The third-order valence-corrected chi connectivity index (χ3v) is 2.20. The molecule has 0 bridgehead atoms. The van der Waals surface area contributed by atoms with Crippen molar-refractivity contribution >= 4 is 11.6 Å². The van der Waals surface area contributed by atoms with Crippen molar-refractivity contribution in [2.45, 2.75) is 19.3 Å². The highest BCUT2D eigenvalue weighted by Gasteiger charge is 2.03. The van der Waals surface area contributed by atoms with Crippen molar-refractivity contribution in [2.24, 2.45) is 0 Å². The second-order valence-corrected chi connectivity index (χ2v) is 3.31. The van der Waals surface area contributed by atoms with Crippen molar-refractivity contribution in [1.29, 1.82) is 0 Å². The van der Waals surface area contributed by atoms with Crippen LogP contribution in [0, 0.1) is 5.82 Å². The molecule has 0 fully saturated rings. The molecule has 0 heterocycles. The van der Waals surface area contributed by atoms with E-state index < -0.39 is 0 Å². The Kier molecular flexibility index (Phi) is 3.54. The normalized spacial score (nSPS) is 12.9. The van der Waals surface area contributed by atoms with Crippen molar-refractivity contribution in [3.05, 3.63) is 35.6 Å². The van der Waals surface area contributed by atoms with Crippen LogP contribution in [-0.4, -0.2) is 5.88 Å². The molecule has 0 aliphatic heterocycles. The Morgan fingerprint density at radius 3 is 2.42 bits per heavy atom. The molecule has 0 aliphatic rings. The molecule has 0 saturated carbocycles. The van der Waals surface area contributed by atoms with Gasteiger partial charge in [-0.1, -0.05) is 19.1 Å². The quantitative estimate of drug-likeness (QED) is 0.634. The van der Waals surface area contributed by atoms with E-state index in [1.807, 2.05) is 12.1 Å². The molecule has 1 unspecified atom stereocenters. The first-order chi connectivity index (χ1) is 5.74. The molecule has 1 aromatic carbocycles. The van der Waals surface area contributed by atoms with Gasteiger partial charge in [-0.05, 0) is 30.0 Å². The third kappa shape index (κ3) is 2.49. The molecule has 1 aromatic rings. The zero-order valence-corrected chi connectivity index (χ0v) is 7.81. The second kappa shape index (κ2) is 4.46. The molecule has 0 amide bonds. The molecular weight excluding hydrogens is 175 g/mol. The summed E-state index contributed by atoms with van der Waals surface area (Å²) in [6.45, 7) is 2.09. The van der Waals surface area contributed by atoms with Gasteiger partial charge in [0.25, 0.3) is 0 Å². The lowest BCUT2D eigenvalue weighted by Crippen LogP contribution is -1.93. The molecule has 0 spiro atoms. The summed E-state index contributed by atoms with van der Waals surface area (Å²) < 4.78 is 12.5. The van der Waals surface area contributed by atoms with Gasteiger partial charge >= 0.3 is 0 Å². The van der Waals surface area contributed by atoms with Crippen LogP contribution in [0.25, 0.3) is 0 Å². The van der Waals surface area contributed by atoms with E-state index in [-0.39, 0.29) is 5.82 Å². The monoisotopic (exact) mass is 186 g/mol. The third-order valence-electron chi connectivity index (χ3n) is 1.98. The largest absolute Gasteiger partial charge is 0.207 e. The fourth-order valence-corrected chi connectivity index (χ4v) is 1.45. The molecule has 0 aromatic heterocycles. The smallest absolute Gasteiger partial charge is 0.123 e. The second-order valence-electron chi connectivity index (χ2n) is 2.93. The number of hydrogen-bond acceptors (Lipinski definition) is 0. The van der Waals surface area contributed by atoms with Gasteiger partial charge in [0.15, 0.2) is 0 Å². The summed E-state index contributed by atoms with van der Waals surface area (Å²) >= 11 is 5.60. The fraction of sp³-hybridized carbons (Fsp3) is 0.400. The minimum atomic E-state index is -0.183. The summed E-state index contributed by atoms with van der Waals surface area (Å²) in [6, 6.07) is 6.60. The maximum Gasteiger partial charge on any atom is 0.123 e. The van der Waals surface area contributed by atoms with Gasteiger partial charge < -0.3 is 0 Å². The van der Waals surface area contributed by atoms with E-state index in [2.05, 4.69) is 6.92 Å². The van der Waals surface area contributed by atoms with Crippen molar-refractivity contribution in [2.75, 3.05) is 5.88 Å². The first-order valence-corrected chi connectivity index (χ1v) is 4.59. The zero-order valence-electron chi connectivity index (χ0n) is 7.06. The molecule has 66 valence electrons. The van der Waals surface area contributed by atoms with Crippen LogP contribution in [0.4, 0.5) is 4.39 Å².